The molecule has 2 heterocycles. The normalized spacial score (nSPS) is 11.7. The fourth-order valence-electron chi connectivity index (χ4n) is 2.61. The van der Waals surface area contributed by atoms with Crippen molar-refractivity contribution in [3.8, 4) is 5.82 Å². The average Bonchev–Trinajstić information content (AvgIpc) is 3.27. The van der Waals surface area contributed by atoms with Gasteiger partial charge in [-0.2, -0.15) is 9.78 Å². The fraction of sp³-hybridized carbons (Fsp3) is 0.333. The molecule has 0 aliphatic carbocycles. The Labute approximate surface area is 167 Å². The summed E-state index contributed by atoms with van der Waals surface area (Å²) in [5.41, 5.74) is 10.9. The first-order valence-corrected chi connectivity index (χ1v) is 8.98. The van der Waals surface area contributed by atoms with E-state index >= 15 is 0 Å². The monoisotopic (exact) mass is 397 g/mol. The molecule has 3 N–H and O–H groups in total. The van der Waals surface area contributed by atoms with Crippen molar-refractivity contribution in [3.63, 3.8) is 0 Å². The second kappa shape index (κ2) is 8.61. The second-order valence-electron chi connectivity index (χ2n) is 7.03. The zero-order valence-corrected chi connectivity index (χ0v) is 16.7. The molecule has 0 saturated carbocycles. The molecule has 0 fully saturated rings. The molecular formula is C18H23N9O2. The molecule has 0 bridgehead atoms. The topological polar surface area (TPSA) is 140 Å². The highest BCUT2D eigenvalue weighted by atomic mass is 16.6. The van der Waals surface area contributed by atoms with Gasteiger partial charge in [0.2, 0.25) is 11.6 Å². The number of rotatable bonds is 7. The van der Waals surface area contributed by atoms with E-state index in [1.165, 1.54) is 10.2 Å². The molecule has 0 unspecified atom stereocenters. The zero-order chi connectivity index (χ0) is 21.0. The quantitative estimate of drug-likeness (QED) is 0.447. The Kier molecular flexibility index (Phi) is 5.98. The van der Waals surface area contributed by atoms with Crippen molar-refractivity contribution in [1.82, 2.24) is 35.6 Å². The first-order chi connectivity index (χ1) is 13.9. The zero-order valence-electron chi connectivity index (χ0n) is 16.7. The molecule has 0 spiro atoms. The van der Waals surface area contributed by atoms with Crippen molar-refractivity contribution >= 4 is 17.9 Å². The number of carbonyl (C=O) groups excluding carboxylic acids is 1. The van der Waals surface area contributed by atoms with Gasteiger partial charge >= 0.3 is 0 Å². The first kappa shape index (κ1) is 20.1. The highest BCUT2D eigenvalue weighted by Crippen LogP contribution is 2.17. The number of nitrogens with two attached hydrogens (primary N) is 1. The summed E-state index contributed by atoms with van der Waals surface area (Å²) in [5, 5.41) is 19.2. The SMILES string of the molecule is CC(C)c1ccc(/C=N\NC(=O)c2nnn(-c3nonc3N)c2CN(C)C)cc1. The molecule has 29 heavy (non-hydrogen) atoms. The van der Waals surface area contributed by atoms with Crippen LogP contribution in [0.3, 0.4) is 0 Å². The van der Waals surface area contributed by atoms with Crippen LogP contribution in [-0.4, -0.2) is 56.4 Å². The van der Waals surface area contributed by atoms with Gasteiger partial charge in [0.05, 0.1) is 11.9 Å². The van der Waals surface area contributed by atoms with E-state index in [-0.39, 0.29) is 17.3 Å². The molecule has 152 valence electrons. The Hall–Kier alpha value is -3.60. The van der Waals surface area contributed by atoms with E-state index in [9.17, 15) is 4.79 Å². The summed E-state index contributed by atoms with van der Waals surface area (Å²) in [5.74, 6) is 0.164. The van der Waals surface area contributed by atoms with Crippen LogP contribution in [0, 0.1) is 0 Å². The lowest BCUT2D eigenvalue weighted by atomic mass is 10.0. The van der Waals surface area contributed by atoms with Crippen molar-refractivity contribution < 1.29 is 9.42 Å². The summed E-state index contributed by atoms with van der Waals surface area (Å²) in [6, 6.07) is 7.95. The van der Waals surface area contributed by atoms with Crippen molar-refractivity contribution in [2.45, 2.75) is 26.3 Å². The Morgan fingerprint density at radius 3 is 2.62 bits per heavy atom. The summed E-state index contributed by atoms with van der Waals surface area (Å²) in [6.45, 7) is 4.62. The van der Waals surface area contributed by atoms with Crippen LogP contribution in [0.4, 0.5) is 5.82 Å². The lowest BCUT2D eigenvalue weighted by Crippen LogP contribution is -2.23. The fourth-order valence-corrected chi connectivity index (χ4v) is 2.61. The lowest BCUT2D eigenvalue weighted by molar-refractivity contribution is 0.0948. The summed E-state index contributed by atoms with van der Waals surface area (Å²) < 4.78 is 5.94. The Balaban J connectivity index is 1.78. The van der Waals surface area contributed by atoms with Gasteiger partial charge in [0.25, 0.3) is 5.91 Å². The van der Waals surface area contributed by atoms with Crippen LogP contribution < -0.4 is 11.2 Å². The van der Waals surface area contributed by atoms with E-state index in [0.29, 0.717) is 18.2 Å². The van der Waals surface area contributed by atoms with Crippen molar-refractivity contribution in [3.05, 3.63) is 46.8 Å². The van der Waals surface area contributed by atoms with Crippen LogP contribution in [0.2, 0.25) is 0 Å². The van der Waals surface area contributed by atoms with Gasteiger partial charge in [0.15, 0.2) is 5.69 Å². The van der Waals surface area contributed by atoms with Crippen LogP contribution in [0.25, 0.3) is 5.82 Å². The molecule has 11 nitrogen and oxygen atoms in total. The molecule has 0 saturated heterocycles. The summed E-state index contributed by atoms with van der Waals surface area (Å²) in [7, 11) is 3.70. The van der Waals surface area contributed by atoms with Crippen LogP contribution in [0.1, 0.15) is 47.1 Å². The minimum absolute atomic E-state index is 0.0460. The molecule has 2 aromatic heterocycles. The summed E-state index contributed by atoms with van der Waals surface area (Å²) >= 11 is 0. The maximum atomic E-state index is 12.6. The molecule has 1 amide bonds. The van der Waals surface area contributed by atoms with Crippen LogP contribution in [-0.2, 0) is 6.54 Å². The van der Waals surface area contributed by atoms with Gasteiger partial charge in [0.1, 0.15) is 0 Å². The predicted octanol–water partition coefficient (Wildman–Crippen LogP) is 1.18. The average molecular weight is 397 g/mol. The maximum absolute atomic E-state index is 12.6. The molecule has 0 aliphatic heterocycles. The number of anilines is 1. The van der Waals surface area contributed by atoms with Gasteiger partial charge in [-0.25, -0.2) is 10.1 Å². The highest BCUT2D eigenvalue weighted by Gasteiger charge is 2.24. The lowest BCUT2D eigenvalue weighted by Gasteiger charge is -2.11. The molecular weight excluding hydrogens is 374 g/mol. The van der Waals surface area contributed by atoms with E-state index in [1.807, 2.05) is 43.3 Å². The molecule has 3 aromatic rings. The number of nitrogens with one attached hydrogen (secondary N) is 1. The van der Waals surface area contributed by atoms with Gasteiger partial charge in [-0.15, -0.1) is 5.10 Å². The second-order valence-corrected chi connectivity index (χ2v) is 7.03. The van der Waals surface area contributed by atoms with E-state index in [0.717, 1.165) is 5.56 Å². The largest absolute Gasteiger partial charge is 0.378 e. The Morgan fingerprint density at radius 1 is 1.31 bits per heavy atom. The van der Waals surface area contributed by atoms with Gasteiger partial charge in [-0.05, 0) is 41.5 Å². The third kappa shape index (κ3) is 4.63. The van der Waals surface area contributed by atoms with Crippen molar-refractivity contribution in [2.75, 3.05) is 19.8 Å². The van der Waals surface area contributed by atoms with Crippen LogP contribution >= 0.6 is 0 Å². The van der Waals surface area contributed by atoms with E-state index in [2.05, 4.69) is 49.6 Å². The summed E-state index contributed by atoms with van der Waals surface area (Å²) in [4.78, 5) is 14.5. The van der Waals surface area contributed by atoms with Crippen LogP contribution in [0.15, 0.2) is 34.0 Å². The van der Waals surface area contributed by atoms with Gasteiger partial charge in [0, 0.05) is 6.54 Å². The number of nitrogens with zero attached hydrogens (tertiary/aromatic N) is 7. The number of aromatic nitrogens is 5. The number of hydrogen-bond donors (Lipinski definition) is 2. The molecule has 0 atom stereocenters. The predicted molar refractivity (Wildman–Crippen MR) is 107 cm³/mol. The molecule has 1 aromatic carbocycles. The van der Waals surface area contributed by atoms with E-state index in [1.54, 1.807) is 6.21 Å². The third-order valence-corrected chi connectivity index (χ3v) is 4.12. The number of amides is 1. The summed E-state index contributed by atoms with van der Waals surface area (Å²) in [6.07, 6.45) is 1.57. The minimum Gasteiger partial charge on any atom is -0.378 e. The number of carbonyl (C=O) groups is 1. The van der Waals surface area contributed by atoms with Crippen molar-refractivity contribution in [2.24, 2.45) is 5.10 Å². The molecule has 11 heteroatoms. The molecule has 0 radical (unpaired) electrons. The first-order valence-electron chi connectivity index (χ1n) is 8.98. The van der Waals surface area contributed by atoms with Gasteiger partial charge in [-0.1, -0.05) is 43.3 Å². The van der Waals surface area contributed by atoms with Gasteiger partial charge < -0.3 is 10.6 Å². The van der Waals surface area contributed by atoms with E-state index < -0.39 is 5.91 Å². The number of hydrazone groups is 1. The highest BCUT2D eigenvalue weighted by molar-refractivity contribution is 5.94. The number of hydrogen-bond acceptors (Lipinski definition) is 9. The van der Waals surface area contributed by atoms with Crippen molar-refractivity contribution in [1.29, 1.82) is 0 Å². The minimum atomic E-state index is -0.502. The van der Waals surface area contributed by atoms with E-state index in [4.69, 9.17) is 5.73 Å². The Morgan fingerprint density at radius 2 is 2.03 bits per heavy atom. The standard InChI is InChI=1S/C18H23N9O2/c1-11(2)13-7-5-12(6-8-13)9-20-22-18(28)15-14(10-26(3)4)27(25-21-15)17-16(19)23-29-24-17/h5-9,11H,10H2,1-4H3,(H2,19,23)(H,22,28)/b20-9-. The smallest absolute Gasteiger partial charge is 0.293 e. The molecule has 0 aliphatic rings. The van der Waals surface area contributed by atoms with Gasteiger partial charge in [-0.3, -0.25) is 4.79 Å². The Bertz CT molecular complexity index is 1000. The van der Waals surface area contributed by atoms with Crippen LogP contribution in [0.5, 0.6) is 0 Å². The molecule has 3 rings (SSSR count). The third-order valence-electron chi connectivity index (χ3n) is 4.12. The number of benzene rings is 1. The maximum Gasteiger partial charge on any atom is 0.293 e. The number of nitrogen functional groups attached to an aromatic ring is 1.